The van der Waals surface area contributed by atoms with Gasteiger partial charge in [0, 0.05) is 24.3 Å². The first-order valence-corrected chi connectivity index (χ1v) is 5.62. The lowest BCUT2D eigenvalue weighted by Crippen LogP contribution is -2.13. The van der Waals surface area contributed by atoms with Crippen LogP contribution in [0.2, 0.25) is 0 Å². The normalized spacial score (nSPS) is 11.2. The molecule has 3 N–H and O–H groups in total. The summed E-state index contributed by atoms with van der Waals surface area (Å²) in [5.74, 6) is -0.592. The lowest BCUT2D eigenvalue weighted by atomic mass is 10.1. The van der Waals surface area contributed by atoms with Crippen molar-refractivity contribution in [2.75, 3.05) is 24.7 Å². The molecule has 0 saturated carbocycles. The number of nitrogen functional groups attached to an aromatic ring is 1. The topological polar surface area (TPSA) is 64.3 Å². The molecule has 0 bridgehead atoms. The molecule has 1 aromatic rings. The molecule has 19 heavy (non-hydrogen) atoms. The van der Waals surface area contributed by atoms with Crippen LogP contribution in [0.25, 0.3) is 0 Å². The number of rotatable bonds is 5. The number of halogens is 3. The Bertz CT molecular complexity index is 447. The van der Waals surface area contributed by atoms with Gasteiger partial charge in [-0.3, -0.25) is 0 Å². The summed E-state index contributed by atoms with van der Waals surface area (Å²) in [7, 11) is 1.22. The molecule has 0 radical (unpaired) electrons. The number of nitrogens with two attached hydrogens (primary N) is 1. The lowest BCUT2D eigenvalue weighted by molar-refractivity contribution is -0.134. The third-order valence-electron chi connectivity index (χ3n) is 2.40. The molecular formula is C12H15F3N2O2. The summed E-state index contributed by atoms with van der Waals surface area (Å²) in [6.07, 6.45) is -5.12. The molecule has 0 aromatic heterocycles. The Morgan fingerprint density at radius 2 is 2.11 bits per heavy atom. The van der Waals surface area contributed by atoms with Crippen molar-refractivity contribution >= 4 is 17.3 Å². The molecule has 0 amide bonds. The highest BCUT2D eigenvalue weighted by Crippen LogP contribution is 2.23. The van der Waals surface area contributed by atoms with E-state index in [-0.39, 0.29) is 18.5 Å². The van der Waals surface area contributed by atoms with Crippen LogP contribution in [0.15, 0.2) is 18.2 Å². The number of nitrogens with one attached hydrogen (secondary N) is 1. The number of methoxy groups -OCH3 is 1. The van der Waals surface area contributed by atoms with Crippen molar-refractivity contribution in [2.24, 2.45) is 0 Å². The average molecular weight is 276 g/mol. The number of anilines is 2. The fraction of sp³-hybridized carbons (Fsp3) is 0.417. The van der Waals surface area contributed by atoms with Crippen LogP contribution >= 0.6 is 0 Å². The van der Waals surface area contributed by atoms with E-state index >= 15 is 0 Å². The van der Waals surface area contributed by atoms with Crippen molar-refractivity contribution in [1.29, 1.82) is 0 Å². The molecule has 0 aliphatic carbocycles. The molecule has 106 valence electrons. The molecule has 0 aliphatic heterocycles. The maximum atomic E-state index is 12.0. The number of benzene rings is 1. The minimum absolute atomic E-state index is 0.0749. The first-order valence-electron chi connectivity index (χ1n) is 5.62. The van der Waals surface area contributed by atoms with Crippen molar-refractivity contribution in [3.05, 3.63) is 23.8 Å². The van der Waals surface area contributed by atoms with Crippen LogP contribution in [0.4, 0.5) is 24.5 Å². The van der Waals surface area contributed by atoms with E-state index in [4.69, 9.17) is 5.73 Å². The third-order valence-corrected chi connectivity index (χ3v) is 2.40. The van der Waals surface area contributed by atoms with Gasteiger partial charge in [0.1, 0.15) is 0 Å². The largest absolute Gasteiger partial charge is 0.465 e. The molecule has 7 heteroatoms. The maximum Gasteiger partial charge on any atom is 0.389 e. The minimum atomic E-state index is -4.17. The Balaban J connectivity index is 2.65. The summed E-state index contributed by atoms with van der Waals surface area (Å²) in [6.45, 7) is 0.105. The van der Waals surface area contributed by atoms with Gasteiger partial charge in [-0.05, 0) is 24.6 Å². The molecule has 1 rings (SSSR count). The standard InChI is InChI=1S/C12H15F3N2O2/c1-19-11(18)9-7-8(16)3-4-10(9)17-6-2-5-12(13,14)15/h3-4,7,17H,2,5-6,16H2,1H3. The fourth-order valence-corrected chi connectivity index (χ4v) is 1.51. The van der Waals surface area contributed by atoms with E-state index in [0.717, 1.165) is 0 Å². The number of alkyl halides is 3. The van der Waals surface area contributed by atoms with Gasteiger partial charge < -0.3 is 15.8 Å². The van der Waals surface area contributed by atoms with E-state index in [9.17, 15) is 18.0 Å². The number of ether oxygens (including phenoxy) is 1. The zero-order valence-corrected chi connectivity index (χ0v) is 10.4. The van der Waals surface area contributed by atoms with Gasteiger partial charge in [-0.2, -0.15) is 13.2 Å². The highest BCUT2D eigenvalue weighted by atomic mass is 19.4. The van der Waals surface area contributed by atoms with E-state index in [1.54, 1.807) is 6.07 Å². The molecule has 0 aliphatic rings. The fourth-order valence-electron chi connectivity index (χ4n) is 1.51. The molecule has 0 heterocycles. The van der Waals surface area contributed by atoms with E-state index in [1.807, 2.05) is 0 Å². The van der Waals surface area contributed by atoms with Gasteiger partial charge in [0.15, 0.2) is 0 Å². The van der Waals surface area contributed by atoms with Gasteiger partial charge >= 0.3 is 12.1 Å². The van der Waals surface area contributed by atoms with Crippen molar-refractivity contribution < 1.29 is 22.7 Å². The Hall–Kier alpha value is -1.92. The van der Waals surface area contributed by atoms with Crippen molar-refractivity contribution in [3.63, 3.8) is 0 Å². The lowest BCUT2D eigenvalue weighted by Gasteiger charge is -2.12. The van der Waals surface area contributed by atoms with Crippen molar-refractivity contribution in [3.8, 4) is 0 Å². The van der Waals surface area contributed by atoms with Crippen LogP contribution in [0.1, 0.15) is 23.2 Å². The van der Waals surface area contributed by atoms with Crippen LogP contribution in [0, 0.1) is 0 Å². The van der Waals surface area contributed by atoms with Crippen LogP contribution < -0.4 is 11.1 Å². The highest BCUT2D eigenvalue weighted by Gasteiger charge is 2.25. The molecule has 0 saturated heterocycles. The van der Waals surface area contributed by atoms with Crippen LogP contribution in [0.5, 0.6) is 0 Å². The smallest absolute Gasteiger partial charge is 0.389 e. The Kier molecular flexibility index (Phi) is 5.02. The molecule has 4 nitrogen and oxygen atoms in total. The maximum absolute atomic E-state index is 12.0. The molecular weight excluding hydrogens is 261 g/mol. The van der Waals surface area contributed by atoms with E-state index in [1.165, 1.54) is 19.2 Å². The summed E-state index contributed by atoms with van der Waals surface area (Å²) in [6, 6.07) is 4.51. The minimum Gasteiger partial charge on any atom is -0.465 e. The molecule has 0 atom stereocenters. The van der Waals surface area contributed by atoms with Gasteiger partial charge in [-0.25, -0.2) is 4.79 Å². The van der Waals surface area contributed by atoms with E-state index < -0.39 is 18.6 Å². The van der Waals surface area contributed by atoms with Gasteiger partial charge in [0.2, 0.25) is 0 Å². The first kappa shape index (κ1) is 15.1. The first-order chi connectivity index (χ1) is 8.83. The molecule has 0 spiro atoms. The zero-order chi connectivity index (χ0) is 14.5. The van der Waals surface area contributed by atoms with E-state index in [0.29, 0.717) is 11.4 Å². The summed E-state index contributed by atoms with van der Waals surface area (Å²) in [5, 5.41) is 2.77. The Morgan fingerprint density at radius 3 is 2.68 bits per heavy atom. The SMILES string of the molecule is COC(=O)c1cc(N)ccc1NCCCC(F)(F)F. The number of carbonyl (C=O) groups is 1. The Morgan fingerprint density at radius 1 is 1.42 bits per heavy atom. The van der Waals surface area contributed by atoms with Gasteiger partial charge in [-0.15, -0.1) is 0 Å². The quantitative estimate of drug-likeness (QED) is 0.493. The second-order valence-electron chi connectivity index (χ2n) is 3.94. The summed E-state index contributed by atoms with van der Waals surface area (Å²) in [4.78, 5) is 11.5. The van der Waals surface area contributed by atoms with Crippen LogP contribution in [-0.4, -0.2) is 25.8 Å². The van der Waals surface area contributed by atoms with Gasteiger partial charge in [-0.1, -0.05) is 0 Å². The predicted molar refractivity (Wildman–Crippen MR) is 66.0 cm³/mol. The summed E-state index contributed by atoms with van der Waals surface area (Å²) >= 11 is 0. The van der Waals surface area contributed by atoms with Crippen LogP contribution in [0.3, 0.4) is 0 Å². The number of esters is 1. The van der Waals surface area contributed by atoms with Gasteiger partial charge in [0.05, 0.1) is 12.7 Å². The summed E-state index contributed by atoms with van der Waals surface area (Å²) in [5.41, 5.74) is 6.53. The van der Waals surface area contributed by atoms with Gasteiger partial charge in [0.25, 0.3) is 0 Å². The van der Waals surface area contributed by atoms with Crippen LogP contribution in [-0.2, 0) is 4.74 Å². The molecule has 0 unspecified atom stereocenters. The second kappa shape index (κ2) is 6.31. The van der Waals surface area contributed by atoms with E-state index in [2.05, 4.69) is 10.1 Å². The zero-order valence-electron chi connectivity index (χ0n) is 10.4. The highest BCUT2D eigenvalue weighted by molar-refractivity contribution is 5.96. The average Bonchev–Trinajstić information content (AvgIpc) is 2.33. The number of hydrogen-bond donors (Lipinski definition) is 2. The van der Waals surface area contributed by atoms with Crippen molar-refractivity contribution in [2.45, 2.75) is 19.0 Å². The predicted octanol–water partition coefficient (Wildman–Crippen LogP) is 2.81. The molecule has 1 aromatic carbocycles. The number of carbonyl (C=O) groups excluding carboxylic acids is 1. The monoisotopic (exact) mass is 276 g/mol. The molecule has 0 fully saturated rings. The summed E-state index contributed by atoms with van der Waals surface area (Å²) < 4.78 is 40.5. The second-order valence-corrected chi connectivity index (χ2v) is 3.94. The Labute approximate surface area is 108 Å². The number of hydrogen-bond acceptors (Lipinski definition) is 4. The van der Waals surface area contributed by atoms with Crippen molar-refractivity contribution in [1.82, 2.24) is 0 Å². The third kappa shape index (κ3) is 5.07.